The molecule has 1 fully saturated rings. The SMILES string of the molecule is CC(C)Cn1cc(C(=O)NC2(c3cccc(Cl)c3)CCCC2)cn1. The Hall–Kier alpha value is -1.81. The van der Waals surface area contributed by atoms with Crippen LogP contribution < -0.4 is 5.32 Å². The molecule has 1 amide bonds. The van der Waals surface area contributed by atoms with Gasteiger partial charge < -0.3 is 5.32 Å². The Morgan fingerprint density at radius 1 is 1.38 bits per heavy atom. The van der Waals surface area contributed by atoms with Crippen LogP contribution in [0.1, 0.15) is 55.5 Å². The van der Waals surface area contributed by atoms with Crippen LogP contribution in [0, 0.1) is 5.92 Å². The molecule has 1 aromatic heterocycles. The second kappa shape index (κ2) is 6.98. The molecule has 5 heteroatoms. The van der Waals surface area contributed by atoms with Crippen LogP contribution in [0.2, 0.25) is 5.02 Å². The molecular weight excluding hydrogens is 322 g/mol. The lowest BCUT2D eigenvalue weighted by molar-refractivity contribution is 0.0898. The van der Waals surface area contributed by atoms with Gasteiger partial charge in [-0.3, -0.25) is 9.48 Å². The van der Waals surface area contributed by atoms with Gasteiger partial charge in [-0.05, 0) is 36.5 Å². The number of amides is 1. The van der Waals surface area contributed by atoms with Gasteiger partial charge in [-0.15, -0.1) is 0 Å². The van der Waals surface area contributed by atoms with Gasteiger partial charge in [0.25, 0.3) is 5.91 Å². The summed E-state index contributed by atoms with van der Waals surface area (Å²) in [4.78, 5) is 12.8. The Morgan fingerprint density at radius 3 is 2.79 bits per heavy atom. The summed E-state index contributed by atoms with van der Waals surface area (Å²) in [7, 11) is 0. The van der Waals surface area contributed by atoms with Gasteiger partial charge in [-0.1, -0.05) is 50.4 Å². The van der Waals surface area contributed by atoms with Crippen LogP contribution >= 0.6 is 11.6 Å². The van der Waals surface area contributed by atoms with E-state index in [0.717, 1.165) is 37.8 Å². The summed E-state index contributed by atoms with van der Waals surface area (Å²) < 4.78 is 1.83. The zero-order valence-electron chi connectivity index (χ0n) is 14.3. The first-order valence-electron chi connectivity index (χ1n) is 8.59. The fourth-order valence-electron chi connectivity index (χ4n) is 3.49. The molecule has 1 heterocycles. The lowest BCUT2D eigenvalue weighted by atomic mass is 9.88. The quantitative estimate of drug-likeness (QED) is 0.873. The second-order valence-corrected chi connectivity index (χ2v) is 7.54. The van der Waals surface area contributed by atoms with Crippen molar-refractivity contribution in [3.05, 3.63) is 52.8 Å². The number of nitrogens with zero attached hydrogens (tertiary/aromatic N) is 2. The maximum Gasteiger partial charge on any atom is 0.255 e. The lowest BCUT2D eigenvalue weighted by Gasteiger charge is -2.31. The van der Waals surface area contributed by atoms with Crippen molar-refractivity contribution in [3.63, 3.8) is 0 Å². The highest BCUT2D eigenvalue weighted by molar-refractivity contribution is 6.30. The number of rotatable bonds is 5. The number of hydrogen-bond donors (Lipinski definition) is 1. The predicted octanol–water partition coefficient (Wildman–Crippen LogP) is 4.39. The van der Waals surface area contributed by atoms with Crippen LogP contribution in [0.4, 0.5) is 0 Å². The van der Waals surface area contributed by atoms with Gasteiger partial charge in [0.2, 0.25) is 0 Å². The minimum absolute atomic E-state index is 0.0631. The third-order valence-electron chi connectivity index (χ3n) is 4.63. The monoisotopic (exact) mass is 345 g/mol. The predicted molar refractivity (Wildman–Crippen MR) is 96.1 cm³/mol. The van der Waals surface area contributed by atoms with Crippen molar-refractivity contribution in [1.29, 1.82) is 0 Å². The summed E-state index contributed by atoms with van der Waals surface area (Å²) in [5.74, 6) is 0.431. The van der Waals surface area contributed by atoms with Crippen LogP contribution in [-0.2, 0) is 12.1 Å². The van der Waals surface area contributed by atoms with Crippen molar-refractivity contribution in [2.45, 2.75) is 51.6 Å². The topological polar surface area (TPSA) is 46.9 Å². The number of carbonyl (C=O) groups excluding carboxylic acids is 1. The van der Waals surface area contributed by atoms with Gasteiger partial charge in [0, 0.05) is 17.8 Å². The Labute approximate surface area is 148 Å². The molecule has 1 N–H and O–H groups in total. The number of benzene rings is 1. The average Bonchev–Trinajstić information content (AvgIpc) is 3.17. The molecule has 1 aliphatic rings. The summed E-state index contributed by atoms with van der Waals surface area (Å²) in [5.41, 5.74) is 1.39. The number of nitrogens with one attached hydrogen (secondary N) is 1. The van der Waals surface area contributed by atoms with Crippen molar-refractivity contribution in [2.75, 3.05) is 0 Å². The molecule has 2 aromatic rings. The maximum atomic E-state index is 12.8. The Morgan fingerprint density at radius 2 is 2.12 bits per heavy atom. The number of hydrogen-bond acceptors (Lipinski definition) is 2. The van der Waals surface area contributed by atoms with E-state index in [1.165, 1.54) is 0 Å². The van der Waals surface area contributed by atoms with Crippen molar-refractivity contribution < 1.29 is 4.79 Å². The van der Waals surface area contributed by atoms with Crippen molar-refractivity contribution in [3.8, 4) is 0 Å². The molecular formula is C19H24ClN3O. The maximum absolute atomic E-state index is 12.8. The van der Waals surface area contributed by atoms with Gasteiger partial charge in [0.1, 0.15) is 0 Å². The summed E-state index contributed by atoms with van der Waals surface area (Å²) in [5, 5.41) is 8.27. The first-order chi connectivity index (χ1) is 11.5. The molecule has 0 spiro atoms. The van der Waals surface area contributed by atoms with Crippen LogP contribution in [-0.4, -0.2) is 15.7 Å². The zero-order valence-corrected chi connectivity index (χ0v) is 15.0. The van der Waals surface area contributed by atoms with E-state index in [9.17, 15) is 4.79 Å². The summed E-state index contributed by atoms with van der Waals surface area (Å²) in [6, 6.07) is 7.84. The molecule has 0 unspecified atom stereocenters. The van der Waals surface area contributed by atoms with Crippen LogP contribution in [0.15, 0.2) is 36.7 Å². The largest absolute Gasteiger partial charge is 0.342 e. The van der Waals surface area contributed by atoms with Gasteiger partial charge in [-0.2, -0.15) is 5.10 Å². The van der Waals surface area contributed by atoms with Crippen LogP contribution in [0.3, 0.4) is 0 Å². The highest BCUT2D eigenvalue weighted by Crippen LogP contribution is 2.39. The molecule has 0 atom stereocenters. The standard InChI is InChI=1S/C19H24ClN3O/c1-14(2)12-23-13-15(11-21-23)18(24)22-19(8-3-4-9-19)16-6-5-7-17(20)10-16/h5-7,10-11,13-14H,3-4,8-9,12H2,1-2H3,(H,22,24). The average molecular weight is 346 g/mol. The van der Waals surface area contributed by atoms with Crippen molar-refractivity contribution in [1.82, 2.24) is 15.1 Å². The highest BCUT2D eigenvalue weighted by atomic mass is 35.5. The lowest BCUT2D eigenvalue weighted by Crippen LogP contribution is -2.43. The molecule has 3 rings (SSSR count). The summed E-state index contributed by atoms with van der Waals surface area (Å²) in [6.45, 7) is 5.08. The van der Waals surface area contributed by atoms with Crippen LogP contribution in [0.25, 0.3) is 0 Å². The first-order valence-corrected chi connectivity index (χ1v) is 8.97. The smallest absolute Gasteiger partial charge is 0.255 e. The van der Waals surface area contributed by atoms with E-state index in [2.05, 4.69) is 30.3 Å². The van der Waals surface area contributed by atoms with E-state index in [4.69, 9.17) is 11.6 Å². The van der Waals surface area contributed by atoms with E-state index < -0.39 is 0 Å². The second-order valence-electron chi connectivity index (χ2n) is 7.10. The number of carbonyl (C=O) groups is 1. The third-order valence-corrected chi connectivity index (χ3v) is 4.87. The Bertz CT molecular complexity index is 717. The van der Waals surface area contributed by atoms with Gasteiger partial charge in [0.15, 0.2) is 0 Å². The molecule has 0 bridgehead atoms. The molecule has 0 aliphatic heterocycles. The minimum atomic E-state index is -0.317. The number of aromatic nitrogens is 2. The molecule has 0 saturated heterocycles. The molecule has 24 heavy (non-hydrogen) atoms. The van der Waals surface area contributed by atoms with E-state index >= 15 is 0 Å². The molecule has 0 radical (unpaired) electrons. The van der Waals surface area contributed by atoms with E-state index in [1.54, 1.807) is 6.20 Å². The fraction of sp³-hybridized carbons (Fsp3) is 0.474. The normalized spacial score (nSPS) is 16.5. The number of halogens is 1. The van der Waals surface area contributed by atoms with E-state index in [1.807, 2.05) is 29.1 Å². The van der Waals surface area contributed by atoms with Crippen LogP contribution in [0.5, 0.6) is 0 Å². The van der Waals surface area contributed by atoms with Gasteiger partial charge in [-0.25, -0.2) is 0 Å². The molecule has 128 valence electrons. The summed E-state index contributed by atoms with van der Waals surface area (Å²) >= 11 is 6.16. The Kier molecular flexibility index (Phi) is 4.95. The zero-order chi connectivity index (χ0) is 17.2. The molecule has 1 aliphatic carbocycles. The van der Waals surface area contributed by atoms with E-state index in [-0.39, 0.29) is 11.4 Å². The highest BCUT2D eigenvalue weighted by Gasteiger charge is 2.37. The summed E-state index contributed by atoms with van der Waals surface area (Å²) in [6.07, 6.45) is 7.59. The third kappa shape index (κ3) is 3.64. The van der Waals surface area contributed by atoms with Gasteiger partial charge in [0.05, 0.1) is 17.3 Å². The van der Waals surface area contributed by atoms with Crippen molar-refractivity contribution >= 4 is 17.5 Å². The first kappa shape index (κ1) is 17.0. The van der Waals surface area contributed by atoms with E-state index in [0.29, 0.717) is 16.5 Å². The Balaban J connectivity index is 1.81. The molecule has 1 aromatic carbocycles. The minimum Gasteiger partial charge on any atom is -0.342 e. The van der Waals surface area contributed by atoms with Crippen molar-refractivity contribution in [2.24, 2.45) is 5.92 Å². The van der Waals surface area contributed by atoms with Gasteiger partial charge >= 0.3 is 0 Å². The fourth-order valence-corrected chi connectivity index (χ4v) is 3.69. The molecule has 4 nitrogen and oxygen atoms in total. The molecule has 1 saturated carbocycles.